The van der Waals surface area contributed by atoms with Gasteiger partial charge in [0.2, 0.25) is 0 Å². The molecule has 146 valence electrons. The summed E-state index contributed by atoms with van der Waals surface area (Å²) < 4.78 is 8.03. The van der Waals surface area contributed by atoms with Gasteiger partial charge in [0.05, 0.1) is 11.8 Å². The van der Waals surface area contributed by atoms with E-state index in [0.717, 1.165) is 24.8 Å². The van der Waals surface area contributed by atoms with Crippen molar-refractivity contribution in [1.29, 1.82) is 0 Å². The topological polar surface area (TPSA) is 63.5 Å². The van der Waals surface area contributed by atoms with Crippen molar-refractivity contribution in [3.63, 3.8) is 0 Å². The van der Waals surface area contributed by atoms with Crippen molar-refractivity contribution in [2.45, 2.75) is 64.6 Å². The van der Waals surface area contributed by atoms with E-state index in [1.54, 1.807) is 0 Å². The van der Waals surface area contributed by atoms with Crippen LogP contribution in [0.5, 0.6) is 0 Å². The first-order valence-electron chi connectivity index (χ1n) is 9.64. The van der Waals surface area contributed by atoms with E-state index in [0.29, 0.717) is 23.5 Å². The molecule has 26 heavy (non-hydrogen) atoms. The molecule has 0 amide bonds. The van der Waals surface area contributed by atoms with Crippen molar-refractivity contribution in [2.24, 2.45) is 23.4 Å². The molecule has 1 aliphatic heterocycles. The van der Waals surface area contributed by atoms with E-state index in [4.69, 9.17) is 4.74 Å². The normalized spacial score (nSPS) is 29.2. The predicted octanol–water partition coefficient (Wildman–Crippen LogP) is 2.67. The van der Waals surface area contributed by atoms with E-state index in [2.05, 4.69) is 34.6 Å². The Morgan fingerprint density at radius 3 is 2.69 bits per heavy atom. The molecule has 0 radical (unpaired) electrons. The molecule has 4 rings (SSSR count). The molecule has 1 saturated heterocycles. The number of fused-ring (bicyclic) bond motifs is 2. The molecular formula is C19H32IN5O. The molecule has 0 aromatic carbocycles. The van der Waals surface area contributed by atoms with E-state index in [1.807, 2.05) is 18.8 Å². The summed E-state index contributed by atoms with van der Waals surface area (Å²) in [6, 6.07) is 0.504. The first kappa shape index (κ1) is 19.9. The Morgan fingerprint density at radius 1 is 1.35 bits per heavy atom. The van der Waals surface area contributed by atoms with Crippen molar-refractivity contribution in [3.8, 4) is 0 Å². The zero-order chi connectivity index (χ0) is 17.6. The third-order valence-corrected chi connectivity index (χ3v) is 6.89. The molecule has 1 aromatic heterocycles. The van der Waals surface area contributed by atoms with E-state index >= 15 is 0 Å². The smallest absolute Gasteiger partial charge is 0.191 e. The molecule has 3 unspecified atom stereocenters. The van der Waals surface area contributed by atoms with Gasteiger partial charge in [-0.2, -0.15) is 5.10 Å². The summed E-state index contributed by atoms with van der Waals surface area (Å²) in [7, 11) is 3.86. The first-order valence-corrected chi connectivity index (χ1v) is 9.64. The maximum atomic E-state index is 6.09. The van der Waals surface area contributed by atoms with Crippen LogP contribution >= 0.6 is 24.0 Å². The minimum atomic E-state index is 0. The molecule has 0 bridgehead atoms. The van der Waals surface area contributed by atoms with E-state index in [1.165, 1.54) is 43.4 Å². The average molecular weight is 473 g/mol. The van der Waals surface area contributed by atoms with Gasteiger partial charge in [0, 0.05) is 55.9 Å². The predicted molar refractivity (Wildman–Crippen MR) is 114 cm³/mol. The maximum Gasteiger partial charge on any atom is 0.191 e. The van der Waals surface area contributed by atoms with Crippen LogP contribution in [-0.2, 0) is 18.3 Å². The minimum absolute atomic E-state index is 0. The van der Waals surface area contributed by atoms with Crippen LogP contribution in [-0.4, -0.2) is 41.5 Å². The zero-order valence-corrected chi connectivity index (χ0v) is 18.7. The number of hydrogen-bond donors (Lipinski definition) is 2. The average Bonchev–Trinajstić information content (AvgIpc) is 3.29. The molecule has 3 atom stereocenters. The molecule has 3 aliphatic rings. The fraction of sp³-hybridized carbons (Fsp3) is 0.789. The van der Waals surface area contributed by atoms with Crippen molar-refractivity contribution >= 4 is 29.9 Å². The van der Waals surface area contributed by atoms with Crippen LogP contribution in [0.1, 0.15) is 49.1 Å². The van der Waals surface area contributed by atoms with Gasteiger partial charge in [-0.15, -0.1) is 24.0 Å². The quantitative estimate of drug-likeness (QED) is 0.403. The highest BCUT2D eigenvalue weighted by Gasteiger charge is 2.65. The van der Waals surface area contributed by atoms with Crippen molar-refractivity contribution in [3.05, 3.63) is 17.0 Å². The van der Waals surface area contributed by atoms with Crippen LogP contribution in [0.2, 0.25) is 0 Å². The standard InChI is InChI=1S/C19H31N5O.HI/c1-12-15(13(2)24(4)23-12)11-21-18(20-3)22-16-14-7-10-25-17(14)19(16)8-5-6-9-19;/h14,16-17H,5-11H2,1-4H3,(H2,20,21,22);1H. The Balaban J connectivity index is 0.00000196. The molecular weight excluding hydrogens is 441 g/mol. The fourth-order valence-corrected chi connectivity index (χ4v) is 5.49. The molecule has 2 N–H and O–H groups in total. The number of guanidine groups is 1. The molecule has 2 saturated carbocycles. The van der Waals surface area contributed by atoms with Gasteiger partial charge in [0.1, 0.15) is 0 Å². The highest BCUT2D eigenvalue weighted by atomic mass is 127. The SMILES string of the molecule is CN=C(NCc1c(C)nn(C)c1C)NC1C2CCOC2C12CCCC2.I. The second-order valence-electron chi connectivity index (χ2n) is 8.00. The fourth-order valence-electron chi connectivity index (χ4n) is 5.49. The number of nitrogens with one attached hydrogen (secondary N) is 2. The maximum absolute atomic E-state index is 6.09. The third-order valence-electron chi connectivity index (χ3n) is 6.89. The van der Waals surface area contributed by atoms with E-state index in [-0.39, 0.29) is 24.0 Å². The number of hydrogen-bond acceptors (Lipinski definition) is 3. The summed E-state index contributed by atoms with van der Waals surface area (Å²) in [5, 5.41) is 11.8. The summed E-state index contributed by atoms with van der Waals surface area (Å²) in [5.74, 6) is 1.56. The number of ether oxygens (including phenoxy) is 1. The molecule has 3 fully saturated rings. The van der Waals surface area contributed by atoms with Crippen LogP contribution in [0.15, 0.2) is 4.99 Å². The van der Waals surface area contributed by atoms with Gasteiger partial charge in [-0.3, -0.25) is 9.67 Å². The van der Waals surface area contributed by atoms with Gasteiger partial charge in [-0.05, 0) is 33.1 Å². The Kier molecular flexibility index (Phi) is 5.86. The molecule has 2 aliphatic carbocycles. The molecule has 1 spiro atoms. The van der Waals surface area contributed by atoms with Gasteiger partial charge in [0.15, 0.2) is 5.96 Å². The summed E-state index contributed by atoms with van der Waals surface area (Å²) >= 11 is 0. The Bertz CT molecular complexity index is 680. The highest BCUT2D eigenvalue weighted by Crippen LogP contribution is 2.60. The number of halogens is 1. The van der Waals surface area contributed by atoms with E-state index in [9.17, 15) is 0 Å². The lowest BCUT2D eigenvalue weighted by atomic mass is 9.54. The van der Waals surface area contributed by atoms with Crippen molar-refractivity contribution < 1.29 is 4.74 Å². The van der Waals surface area contributed by atoms with Gasteiger partial charge >= 0.3 is 0 Å². The lowest BCUT2D eigenvalue weighted by Crippen LogP contribution is -2.69. The number of aliphatic imine (C=N–C) groups is 1. The second-order valence-corrected chi connectivity index (χ2v) is 8.00. The van der Waals surface area contributed by atoms with E-state index < -0.39 is 0 Å². The lowest BCUT2D eigenvalue weighted by Gasteiger charge is -2.57. The van der Waals surface area contributed by atoms with Crippen LogP contribution in [0.3, 0.4) is 0 Å². The number of aromatic nitrogens is 2. The lowest BCUT2D eigenvalue weighted by molar-refractivity contribution is -0.125. The first-order chi connectivity index (χ1) is 12.1. The van der Waals surface area contributed by atoms with Crippen LogP contribution in [0.25, 0.3) is 0 Å². The van der Waals surface area contributed by atoms with Gasteiger partial charge in [0.25, 0.3) is 0 Å². The summed E-state index contributed by atoms with van der Waals surface area (Å²) in [5.41, 5.74) is 3.90. The van der Waals surface area contributed by atoms with Crippen LogP contribution in [0.4, 0.5) is 0 Å². The third kappa shape index (κ3) is 3.04. The summed E-state index contributed by atoms with van der Waals surface area (Å²) in [6.45, 7) is 5.87. The largest absolute Gasteiger partial charge is 0.377 e. The zero-order valence-electron chi connectivity index (χ0n) is 16.3. The summed E-state index contributed by atoms with van der Waals surface area (Å²) in [4.78, 5) is 4.49. The second kappa shape index (κ2) is 7.66. The number of rotatable bonds is 3. The molecule has 6 nitrogen and oxygen atoms in total. The minimum Gasteiger partial charge on any atom is -0.377 e. The van der Waals surface area contributed by atoms with Gasteiger partial charge in [-0.25, -0.2) is 0 Å². The Labute approximate surface area is 173 Å². The van der Waals surface area contributed by atoms with Crippen LogP contribution < -0.4 is 10.6 Å². The van der Waals surface area contributed by atoms with Gasteiger partial charge < -0.3 is 15.4 Å². The van der Waals surface area contributed by atoms with Crippen LogP contribution in [0, 0.1) is 25.2 Å². The summed E-state index contributed by atoms with van der Waals surface area (Å²) in [6.07, 6.45) is 6.93. The number of aryl methyl sites for hydroxylation is 2. The highest BCUT2D eigenvalue weighted by molar-refractivity contribution is 14.0. The molecule has 2 heterocycles. The Hall–Kier alpha value is -0.830. The van der Waals surface area contributed by atoms with Gasteiger partial charge in [-0.1, -0.05) is 12.8 Å². The molecule has 1 aromatic rings. The van der Waals surface area contributed by atoms with Crippen molar-refractivity contribution in [2.75, 3.05) is 13.7 Å². The monoisotopic (exact) mass is 473 g/mol. The number of nitrogens with zero attached hydrogens (tertiary/aromatic N) is 3. The van der Waals surface area contributed by atoms with Crippen molar-refractivity contribution in [1.82, 2.24) is 20.4 Å². The Morgan fingerprint density at radius 2 is 2.08 bits per heavy atom. The molecule has 7 heteroatoms.